The summed E-state index contributed by atoms with van der Waals surface area (Å²) in [5.41, 5.74) is 1.17. The molecule has 1 amide bonds. The molecule has 26 heavy (non-hydrogen) atoms. The lowest BCUT2D eigenvalue weighted by Crippen LogP contribution is -2.48. The molecule has 140 valence electrons. The molecular weight excluding hydrogens is 328 g/mol. The highest BCUT2D eigenvalue weighted by Crippen LogP contribution is 2.35. The Bertz CT molecular complexity index is 674. The van der Waals surface area contributed by atoms with Gasteiger partial charge in [0.25, 0.3) is 0 Å². The van der Waals surface area contributed by atoms with Crippen molar-refractivity contribution in [2.24, 2.45) is 5.41 Å². The van der Waals surface area contributed by atoms with Gasteiger partial charge in [-0.1, -0.05) is 30.3 Å². The molecule has 1 atom stereocenters. The summed E-state index contributed by atoms with van der Waals surface area (Å²) in [6.45, 7) is 2.15. The summed E-state index contributed by atoms with van der Waals surface area (Å²) in [4.78, 5) is 18.4. The Morgan fingerprint density at radius 1 is 1.27 bits per heavy atom. The lowest BCUT2D eigenvalue weighted by molar-refractivity contribution is -0.136. The molecule has 0 unspecified atom stereocenters. The number of aliphatic hydroxyl groups excluding tert-OH is 1. The highest BCUT2D eigenvalue weighted by Gasteiger charge is 2.36. The molecule has 0 bridgehead atoms. The molecule has 1 aromatic heterocycles. The molecule has 0 aliphatic carbocycles. The van der Waals surface area contributed by atoms with Crippen LogP contribution in [-0.4, -0.2) is 50.4 Å². The van der Waals surface area contributed by atoms with E-state index < -0.39 is 0 Å². The van der Waals surface area contributed by atoms with Gasteiger partial charge in [-0.2, -0.15) is 5.10 Å². The van der Waals surface area contributed by atoms with Gasteiger partial charge in [-0.15, -0.1) is 0 Å². The number of nitrogens with zero attached hydrogens (tertiary/aromatic N) is 4. The second-order valence-corrected chi connectivity index (χ2v) is 7.32. The van der Waals surface area contributed by atoms with Crippen LogP contribution in [0.15, 0.2) is 43.0 Å². The normalized spacial score (nSPS) is 20.3. The topological polar surface area (TPSA) is 71.2 Å². The summed E-state index contributed by atoms with van der Waals surface area (Å²) in [6.07, 6.45) is 8.49. The summed E-state index contributed by atoms with van der Waals surface area (Å²) in [5, 5.41) is 14.1. The van der Waals surface area contributed by atoms with Gasteiger partial charge in [0, 0.05) is 24.9 Å². The minimum Gasteiger partial charge on any atom is -0.396 e. The zero-order valence-corrected chi connectivity index (χ0v) is 15.3. The van der Waals surface area contributed by atoms with Crippen LogP contribution in [0.4, 0.5) is 0 Å². The van der Waals surface area contributed by atoms with Gasteiger partial charge in [0.05, 0.1) is 13.2 Å². The third kappa shape index (κ3) is 4.91. The summed E-state index contributed by atoms with van der Waals surface area (Å²) < 4.78 is 1.68. The van der Waals surface area contributed by atoms with Crippen molar-refractivity contribution in [1.29, 1.82) is 0 Å². The van der Waals surface area contributed by atoms with Crippen molar-refractivity contribution in [2.45, 2.75) is 45.1 Å². The fourth-order valence-electron chi connectivity index (χ4n) is 3.86. The predicted molar refractivity (Wildman–Crippen MR) is 99.4 cm³/mol. The van der Waals surface area contributed by atoms with E-state index in [1.54, 1.807) is 11.0 Å². The molecule has 2 heterocycles. The standard InChI is InChI=1S/C20H28N4O2/c25-15-20(10-4-8-18-6-2-1-3-7-18)11-5-12-23(14-20)19(26)9-13-24-17-21-16-22-24/h1-3,6-7,16-17,25H,4-5,8-15H2/t20-/m1/s1. The average Bonchev–Trinajstić information content (AvgIpc) is 3.21. The molecule has 1 N–H and O–H groups in total. The van der Waals surface area contributed by atoms with E-state index in [0.717, 1.165) is 38.6 Å². The van der Waals surface area contributed by atoms with Gasteiger partial charge in [0.2, 0.25) is 5.91 Å². The predicted octanol–water partition coefficient (Wildman–Crippen LogP) is 2.29. The van der Waals surface area contributed by atoms with Gasteiger partial charge in [-0.3, -0.25) is 9.48 Å². The van der Waals surface area contributed by atoms with E-state index in [0.29, 0.717) is 19.5 Å². The molecule has 0 spiro atoms. The Labute approximate surface area is 154 Å². The van der Waals surface area contributed by atoms with Gasteiger partial charge >= 0.3 is 0 Å². The van der Waals surface area contributed by atoms with Gasteiger partial charge < -0.3 is 10.0 Å². The zero-order chi connectivity index (χ0) is 18.2. The van der Waals surface area contributed by atoms with Crippen molar-refractivity contribution in [3.8, 4) is 0 Å². The number of benzene rings is 1. The van der Waals surface area contributed by atoms with Crippen molar-refractivity contribution in [3.05, 3.63) is 48.5 Å². The first-order chi connectivity index (χ1) is 12.7. The first-order valence-corrected chi connectivity index (χ1v) is 9.46. The van der Waals surface area contributed by atoms with Crippen LogP contribution in [0.2, 0.25) is 0 Å². The number of amides is 1. The van der Waals surface area contributed by atoms with E-state index in [-0.39, 0.29) is 17.9 Å². The zero-order valence-electron chi connectivity index (χ0n) is 15.3. The molecule has 0 radical (unpaired) electrons. The Kier molecular flexibility index (Phi) is 6.39. The number of carbonyl (C=O) groups is 1. The number of hydrogen-bond acceptors (Lipinski definition) is 4. The number of likely N-dealkylation sites (tertiary alicyclic amines) is 1. The second kappa shape index (κ2) is 8.94. The van der Waals surface area contributed by atoms with E-state index >= 15 is 0 Å². The lowest BCUT2D eigenvalue weighted by Gasteiger charge is -2.42. The third-order valence-electron chi connectivity index (χ3n) is 5.39. The molecule has 3 rings (SSSR count). The molecule has 2 aromatic rings. The second-order valence-electron chi connectivity index (χ2n) is 7.32. The van der Waals surface area contributed by atoms with Crippen LogP contribution in [0.1, 0.15) is 37.7 Å². The average molecular weight is 356 g/mol. The molecule has 6 heteroatoms. The first-order valence-electron chi connectivity index (χ1n) is 9.46. The Hall–Kier alpha value is -2.21. The van der Waals surface area contributed by atoms with E-state index in [1.165, 1.54) is 11.9 Å². The number of rotatable bonds is 8. The number of hydrogen-bond donors (Lipinski definition) is 1. The summed E-state index contributed by atoms with van der Waals surface area (Å²) in [5.74, 6) is 0.140. The molecule has 1 aliphatic rings. The van der Waals surface area contributed by atoms with E-state index in [4.69, 9.17) is 0 Å². The van der Waals surface area contributed by atoms with Crippen molar-refractivity contribution in [2.75, 3.05) is 19.7 Å². The van der Waals surface area contributed by atoms with Crippen LogP contribution < -0.4 is 0 Å². The van der Waals surface area contributed by atoms with Crippen LogP contribution in [-0.2, 0) is 17.8 Å². The molecule has 1 aromatic carbocycles. The van der Waals surface area contributed by atoms with Gasteiger partial charge in [0.15, 0.2) is 0 Å². The van der Waals surface area contributed by atoms with Gasteiger partial charge in [-0.05, 0) is 37.7 Å². The number of piperidine rings is 1. The van der Waals surface area contributed by atoms with E-state index in [2.05, 4.69) is 34.3 Å². The fourth-order valence-corrected chi connectivity index (χ4v) is 3.86. The largest absolute Gasteiger partial charge is 0.396 e. The van der Waals surface area contributed by atoms with Crippen molar-refractivity contribution in [3.63, 3.8) is 0 Å². The number of carbonyl (C=O) groups excluding carboxylic acids is 1. The van der Waals surface area contributed by atoms with Crippen molar-refractivity contribution < 1.29 is 9.90 Å². The number of aromatic nitrogens is 3. The molecule has 6 nitrogen and oxygen atoms in total. The highest BCUT2D eigenvalue weighted by atomic mass is 16.3. The van der Waals surface area contributed by atoms with E-state index in [1.807, 2.05) is 11.0 Å². The first kappa shape index (κ1) is 18.6. The lowest BCUT2D eigenvalue weighted by atomic mass is 9.76. The summed E-state index contributed by atoms with van der Waals surface area (Å²) in [7, 11) is 0. The minimum atomic E-state index is -0.157. The maximum absolute atomic E-state index is 12.6. The quantitative estimate of drug-likeness (QED) is 0.788. The van der Waals surface area contributed by atoms with Gasteiger partial charge in [-0.25, -0.2) is 4.98 Å². The monoisotopic (exact) mass is 356 g/mol. The van der Waals surface area contributed by atoms with Gasteiger partial charge in [0.1, 0.15) is 12.7 Å². The van der Waals surface area contributed by atoms with Crippen molar-refractivity contribution in [1.82, 2.24) is 19.7 Å². The Balaban J connectivity index is 1.51. The highest BCUT2D eigenvalue weighted by molar-refractivity contribution is 5.76. The molecule has 1 saturated heterocycles. The van der Waals surface area contributed by atoms with Crippen LogP contribution in [0.25, 0.3) is 0 Å². The van der Waals surface area contributed by atoms with Crippen molar-refractivity contribution >= 4 is 5.91 Å². The third-order valence-corrected chi connectivity index (χ3v) is 5.39. The summed E-state index contributed by atoms with van der Waals surface area (Å²) in [6, 6.07) is 10.4. The Morgan fingerprint density at radius 3 is 2.85 bits per heavy atom. The van der Waals surface area contributed by atoms with Crippen LogP contribution in [0.5, 0.6) is 0 Å². The van der Waals surface area contributed by atoms with Crippen LogP contribution in [0.3, 0.4) is 0 Å². The molecular formula is C20H28N4O2. The maximum atomic E-state index is 12.6. The maximum Gasteiger partial charge on any atom is 0.224 e. The molecule has 0 saturated carbocycles. The SMILES string of the molecule is O=C(CCn1cncn1)N1CCC[C@](CO)(CCCc2ccccc2)C1. The van der Waals surface area contributed by atoms with Crippen LogP contribution in [0, 0.1) is 5.41 Å². The minimum absolute atomic E-state index is 0.140. The number of aliphatic hydroxyl groups is 1. The molecule has 1 aliphatic heterocycles. The number of aryl methyl sites for hydroxylation is 2. The van der Waals surface area contributed by atoms with Crippen LogP contribution >= 0.6 is 0 Å². The Morgan fingerprint density at radius 2 is 2.12 bits per heavy atom. The van der Waals surface area contributed by atoms with E-state index in [9.17, 15) is 9.90 Å². The smallest absolute Gasteiger partial charge is 0.224 e. The summed E-state index contributed by atoms with van der Waals surface area (Å²) >= 11 is 0. The molecule has 1 fully saturated rings. The fraction of sp³-hybridized carbons (Fsp3) is 0.550.